The Kier molecular flexibility index (Phi) is 3.86. The number of likely N-dealkylation sites (tertiary alicyclic amines) is 1. The molecular weight excluding hydrogens is 305 g/mol. The average Bonchev–Trinajstić information content (AvgIpc) is 3.04. The van der Waals surface area contributed by atoms with Crippen LogP contribution in [0.3, 0.4) is 0 Å². The number of hydrogen-bond donors (Lipinski definition) is 1. The van der Waals surface area contributed by atoms with Crippen LogP contribution < -0.4 is 5.56 Å². The monoisotopic (exact) mass is 323 g/mol. The van der Waals surface area contributed by atoms with Crippen molar-refractivity contribution >= 4 is 11.0 Å². The maximum absolute atomic E-state index is 13.1. The summed E-state index contributed by atoms with van der Waals surface area (Å²) in [6, 6.07) is 14.4. The fraction of sp³-hybridized carbons (Fsp3) is 0.263. The Labute approximate surface area is 139 Å². The van der Waals surface area contributed by atoms with Gasteiger partial charge in [0.1, 0.15) is 11.5 Å². The topological polar surface area (TPSA) is 49.0 Å². The third-order valence-corrected chi connectivity index (χ3v) is 4.64. The lowest BCUT2D eigenvalue weighted by Crippen LogP contribution is -2.28. The van der Waals surface area contributed by atoms with Crippen molar-refractivity contribution < 1.29 is 4.39 Å². The molecule has 0 amide bonds. The number of aromatic amines is 1. The van der Waals surface area contributed by atoms with Gasteiger partial charge in [0.05, 0.1) is 11.0 Å². The second kappa shape index (κ2) is 6.17. The first-order valence-corrected chi connectivity index (χ1v) is 8.18. The number of H-pyrrole nitrogens is 1. The van der Waals surface area contributed by atoms with Crippen LogP contribution >= 0.6 is 0 Å². The number of nitrogens with zero attached hydrogens (tertiary/aromatic N) is 2. The van der Waals surface area contributed by atoms with Gasteiger partial charge in [-0.05, 0) is 49.2 Å². The lowest BCUT2D eigenvalue weighted by Gasteiger charge is -2.24. The number of fused-ring (bicyclic) bond motifs is 1. The average molecular weight is 323 g/mol. The number of benzene rings is 2. The van der Waals surface area contributed by atoms with Gasteiger partial charge >= 0.3 is 0 Å². The maximum Gasteiger partial charge on any atom is 0.271 e. The molecule has 122 valence electrons. The second-order valence-electron chi connectivity index (χ2n) is 6.21. The number of rotatable bonds is 3. The van der Waals surface area contributed by atoms with Crippen molar-refractivity contribution in [2.45, 2.75) is 25.4 Å². The van der Waals surface area contributed by atoms with Gasteiger partial charge in [0.15, 0.2) is 0 Å². The molecule has 1 saturated heterocycles. The third kappa shape index (κ3) is 2.83. The molecule has 4 rings (SSSR count). The summed E-state index contributed by atoms with van der Waals surface area (Å²) in [5.74, 6) is -0.226. The predicted molar refractivity (Wildman–Crippen MR) is 91.1 cm³/mol. The van der Waals surface area contributed by atoms with Gasteiger partial charge in [-0.15, -0.1) is 0 Å². The molecule has 1 aromatic heterocycles. The van der Waals surface area contributed by atoms with Gasteiger partial charge in [0.2, 0.25) is 0 Å². The summed E-state index contributed by atoms with van der Waals surface area (Å²) in [6.45, 7) is 1.41. The number of para-hydroxylation sites is 2. The van der Waals surface area contributed by atoms with Crippen LogP contribution in [0.5, 0.6) is 0 Å². The second-order valence-corrected chi connectivity index (χ2v) is 6.21. The summed E-state index contributed by atoms with van der Waals surface area (Å²) in [5.41, 5.74) is 3.03. The molecule has 2 aromatic carbocycles. The predicted octanol–water partition coefficient (Wildman–Crippen LogP) is 3.40. The van der Waals surface area contributed by atoms with Gasteiger partial charge < -0.3 is 4.98 Å². The van der Waals surface area contributed by atoms with Crippen molar-refractivity contribution in [1.29, 1.82) is 0 Å². The molecule has 0 saturated carbocycles. The number of aromatic nitrogens is 2. The lowest BCUT2D eigenvalue weighted by atomic mass is 10.0. The SMILES string of the molecule is O=c1[nH]c2ccccc2nc1CN1CCCC1c1ccc(F)cc1. The Balaban J connectivity index is 1.63. The molecule has 1 aliphatic rings. The fourth-order valence-corrected chi connectivity index (χ4v) is 3.44. The van der Waals surface area contributed by atoms with E-state index < -0.39 is 0 Å². The van der Waals surface area contributed by atoms with E-state index in [2.05, 4.69) is 14.9 Å². The zero-order chi connectivity index (χ0) is 16.5. The van der Waals surface area contributed by atoms with Gasteiger partial charge in [-0.25, -0.2) is 9.37 Å². The van der Waals surface area contributed by atoms with E-state index >= 15 is 0 Å². The minimum absolute atomic E-state index is 0.140. The van der Waals surface area contributed by atoms with Gasteiger partial charge in [0.25, 0.3) is 5.56 Å². The molecule has 1 atom stereocenters. The molecule has 24 heavy (non-hydrogen) atoms. The summed E-state index contributed by atoms with van der Waals surface area (Å²) in [5, 5.41) is 0. The molecular formula is C19H18FN3O. The van der Waals surface area contributed by atoms with E-state index in [1.165, 1.54) is 12.1 Å². The van der Waals surface area contributed by atoms with Crippen LogP contribution in [0.2, 0.25) is 0 Å². The number of hydrogen-bond acceptors (Lipinski definition) is 3. The van der Waals surface area contributed by atoms with E-state index in [0.717, 1.165) is 36.0 Å². The van der Waals surface area contributed by atoms with Gasteiger partial charge in [-0.2, -0.15) is 0 Å². The van der Waals surface area contributed by atoms with E-state index in [0.29, 0.717) is 12.2 Å². The first-order valence-electron chi connectivity index (χ1n) is 8.18. The minimum Gasteiger partial charge on any atom is -0.319 e. The molecule has 5 heteroatoms. The highest BCUT2D eigenvalue weighted by atomic mass is 19.1. The van der Waals surface area contributed by atoms with E-state index in [1.807, 2.05) is 36.4 Å². The van der Waals surface area contributed by atoms with Crippen LogP contribution in [0.4, 0.5) is 4.39 Å². The Bertz CT molecular complexity index is 920. The normalized spacial score (nSPS) is 18.3. The molecule has 1 unspecified atom stereocenters. The van der Waals surface area contributed by atoms with Crippen molar-refractivity contribution in [3.05, 3.63) is 76.0 Å². The molecule has 2 heterocycles. The smallest absolute Gasteiger partial charge is 0.271 e. The third-order valence-electron chi connectivity index (χ3n) is 4.64. The molecule has 4 nitrogen and oxygen atoms in total. The van der Waals surface area contributed by atoms with Crippen LogP contribution in [-0.4, -0.2) is 21.4 Å². The van der Waals surface area contributed by atoms with Crippen molar-refractivity contribution in [1.82, 2.24) is 14.9 Å². The number of nitrogens with one attached hydrogen (secondary N) is 1. The van der Waals surface area contributed by atoms with Crippen LogP contribution in [0.15, 0.2) is 53.3 Å². The summed E-state index contributed by atoms with van der Waals surface area (Å²) in [6.07, 6.45) is 2.07. The first-order chi connectivity index (χ1) is 11.7. The molecule has 1 aliphatic heterocycles. The molecule has 0 radical (unpaired) electrons. The molecule has 3 aromatic rings. The molecule has 1 N–H and O–H groups in total. The van der Waals surface area contributed by atoms with Crippen LogP contribution in [0.25, 0.3) is 11.0 Å². The molecule has 0 spiro atoms. The summed E-state index contributed by atoms with van der Waals surface area (Å²) >= 11 is 0. The Morgan fingerprint density at radius 2 is 1.96 bits per heavy atom. The van der Waals surface area contributed by atoms with Crippen molar-refractivity contribution in [2.24, 2.45) is 0 Å². The van der Waals surface area contributed by atoms with Gasteiger partial charge in [-0.3, -0.25) is 9.69 Å². The zero-order valence-electron chi connectivity index (χ0n) is 13.2. The van der Waals surface area contributed by atoms with Crippen molar-refractivity contribution in [3.63, 3.8) is 0 Å². The lowest BCUT2D eigenvalue weighted by molar-refractivity contribution is 0.244. The van der Waals surface area contributed by atoms with E-state index in [9.17, 15) is 9.18 Å². The fourth-order valence-electron chi connectivity index (χ4n) is 3.44. The van der Waals surface area contributed by atoms with E-state index in [-0.39, 0.29) is 17.4 Å². The Morgan fingerprint density at radius 1 is 1.17 bits per heavy atom. The minimum atomic E-state index is -0.226. The van der Waals surface area contributed by atoms with E-state index in [4.69, 9.17) is 0 Å². The van der Waals surface area contributed by atoms with Gasteiger partial charge in [-0.1, -0.05) is 24.3 Å². The highest BCUT2D eigenvalue weighted by Crippen LogP contribution is 2.32. The van der Waals surface area contributed by atoms with E-state index in [1.54, 1.807) is 0 Å². The van der Waals surface area contributed by atoms with Crippen molar-refractivity contribution in [3.8, 4) is 0 Å². The largest absolute Gasteiger partial charge is 0.319 e. The maximum atomic E-state index is 13.1. The van der Waals surface area contributed by atoms with Crippen LogP contribution in [-0.2, 0) is 6.54 Å². The van der Waals surface area contributed by atoms with Crippen molar-refractivity contribution in [2.75, 3.05) is 6.54 Å². The highest BCUT2D eigenvalue weighted by Gasteiger charge is 2.27. The number of halogens is 1. The highest BCUT2D eigenvalue weighted by molar-refractivity contribution is 5.73. The Hall–Kier alpha value is -2.53. The first kappa shape index (κ1) is 15.0. The molecule has 1 fully saturated rings. The van der Waals surface area contributed by atoms with Crippen LogP contribution in [0.1, 0.15) is 30.1 Å². The van der Waals surface area contributed by atoms with Crippen LogP contribution in [0, 0.1) is 5.82 Å². The standard InChI is InChI=1S/C19H18FN3O/c20-14-9-7-13(8-10-14)18-6-3-11-23(18)12-17-19(24)22-16-5-2-1-4-15(16)21-17/h1-2,4-5,7-10,18H,3,6,11-12H2,(H,22,24). The zero-order valence-corrected chi connectivity index (χ0v) is 13.2. The molecule has 0 aliphatic carbocycles. The summed E-state index contributed by atoms with van der Waals surface area (Å²) in [4.78, 5) is 22.0. The van der Waals surface area contributed by atoms with Gasteiger partial charge in [0, 0.05) is 12.6 Å². The summed E-state index contributed by atoms with van der Waals surface area (Å²) in [7, 11) is 0. The summed E-state index contributed by atoms with van der Waals surface area (Å²) < 4.78 is 13.1. The Morgan fingerprint density at radius 3 is 2.79 bits per heavy atom. The molecule has 0 bridgehead atoms. The quantitative estimate of drug-likeness (QED) is 0.804.